The molecule has 0 N–H and O–H groups in total. The average Bonchev–Trinajstić information content (AvgIpc) is 3.09. The molecule has 3 heteroatoms. The summed E-state index contributed by atoms with van der Waals surface area (Å²) < 4.78 is 0. The van der Waals surface area contributed by atoms with Gasteiger partial charge in [0.1, 0.15) is 0 Å². The Labute approximate surface area is 122 Å². The highest BCUT2D eigenvalue weighted by molar-refractivity contribution is 6.40. The van der Waals surface area contributed by atoms with E-state index in [0.29, 0.717) is 0 Å². The second-order valence-corrected chi connectivity index (χ2v) is 5.38. The molecule has 2 aromatic rings. The molecule has 0 amide bonds. The van der Waals surface area contributed by atoms with Crippen LogP contribution in [0.25, 0.3) is 5.57 Å². The van der Waals surface area contributed by atoms with E-state index in [1.807, 2.05) is 54.9 Å². The second-order valence-electron chi connectivity index (χ2n) is 5.38. The molecule has 1 unspecified atom stereocenters. The number of hydrogen-bond acceptors (Lipinski definition) is 3. The summed E-state index contributed by atoms with van der Waals surface area (Å²) in [7, 11) is 0. The van der Waals surface area contributed by atoms with Crippen molar-refractivity contribution in [3.05, 3.63) is 65.7 Å². The minimum Gasteiger partial charge on any atom is -0.269 e. The van der Waals surface area contributed by atoms with Gasteiger partial charge in [-0.15, -0.1) is 0 Å². The quantitative estimate of drug-likeness (QED) is 0.696. The highest BCUT2D eigenvalue weighted by Gasteiger charge is 2.45. The standard InChI is InChI=1S/C18H11N3/c1-3-7-15-12(5-1)13-9-10-20-18(17(13)21-15)11-19-16-8-4-2-6-14(16)18/h1-11H. The Morgan fingerprint density at radius 2 is 1.67 bits per heavy atom. The molecule has 98 valence electrons. The molecule has 1 spiro atoms. The van der Waals surface area contributed by atoms with Crippen molar-refractivity contribution in [3.8, 4) is 0 Å². The van der Waals surface area contributed by atoms with Crippen LogP contribution in [0.5, 0.6) is 0 Å². The van der Waals surface area contributed by atoms with Crippen molar-refractivity contribution in [2.75, 3.05) is 0 Å². The van der Waals surface area contributed by atoms with E-state index in [0.717, 1.165) is 28.2 Å². The van der Waals surface area contributed by atoms with E-state index in [9.17, 15) is 0 Å². The Balaban J connectivity index is 1.79. The molecule has 0 aromatic heterocycles. The Morgan fingerprint density at radius 1 is 0.857 bits per heavy atom. The number of para-hydroxylation sites is 2. The lowest BCUT2D eigenvalue weighted by Gasteiger charge is -2.26. The molecule has 1 atom stereocenters. The van der Waals surface area contributed by atoms with Crippen LogP contribution in [0.4, 0.5) is 11.4 Å². The summed E-state index contributed by atoms with van der Waals surface area (Å²) >= 11 is 0. The molecule has 5 rings (SSSR count). The number of fused-ring (bicyclic) bond motifs is 6. The normalized spacial score (nSPS) is 23.6. The number of allylic oxidation sites excluding steroid dienone is 1. The SMILES string of the molecule is C1=Nc2ccccc2C12N=CC=C1C2=Nc2ccccc21. The zero-order valence-electron chi connectivity index (χ0n) is 11.2. The second kappa shape index (κ2) is 3.64. The van der Waals surface area contributed by atoms with Crippen molar-refractivity contribution in [3.63, 3.8) is 0 Å². The van der Waals surface area contributed by atoms with Crippen LogP contribution >= 0.6 is 0 Å². The topological polar surface area (TPSA) is 37.1 Å². The number of nitrogens with zero attached hydrogens (tertiary/aromatic N) is 3. The molecule has 0 fully saturated rings. The van der Waals surface area contributed by atoms with Gasteiger partial charge in [0.15, 0.2) is 5.54 Å². The van der Waals surface area contributed by atoms with E-state index in [1.165, 1.54) is 5.56 Å². The van der Waals surface area contributed by atoms with Crippen LogP contribution in [-0.4, -0.2) is 18.1 Å². The Hall–Kier alpha value is -2.81. The van der Waals surface area contributed by atoms with Crippen LogP contribution in [0, 0.1) is 0 Å². The molecule has 3 aliphatic heterocycles. The lowest BCUT2D eigenvalue weighted by Crippen LogP contribution is -2.35. The number of aliphatic imine (C=N–C) groups is 3. The third kappa shape index (κ3) is 1.26. The lowest BCUT2D eigenvalue weighted by atomic mass is 9.81. The molecule has 3 nitrogen and oxygen atoms in total. The van der Waals surface area contributed by atoms with Crippen molar-refractivity contribution < 1.29 is 0 Å². The first-order valence-corrected chi connectivity index (χ1v) is 6.98. The maximum absolute atomic E-state index is 4.85. The van der Waals surface area contributed by atoms with Crippen molar-refractivity contribution in [1.82, 2.24) is 0 Å². The largest absolute Gasteiger partial charge is 0.269 e. The first-order chi connectivity index (χ1) is 10.4. The highest BCUT2D eigenvalue weighted by atomic mass is 15.0. The molecule has 0 bridgehead atoms. The first-order valence-electron chi connectivity index (χ1n) is 6.98. The smallest absolute Gasteiger partial charge is 0.165 e. The fourth-order valence-electron chi connectivity index (χ4n) is 3.29. The van der Waals surface area contributed by atoms with Crippen LogP contribution in [0.1, 0.15) is 11.1 Å². The van der Waals surface area contributed by atoms with Gasteiger partial charge in [-0.3, -0.25) is 9.98 Å². The fraction of sp³-hybridized carbons (Fsp3) is 0.0556. The van der Waals surface area contributed by atoms with Gasteiger partial charge in [-0.1, -0.05) is 36.4 Å². The van der Waals surface area contributed by atoms with Crippen LogP contribution in [0.15, 0.2) is 69.6 Å². The zero-order valence-corrected chi connectivity index (χ0v) is 11.2. The first kappa shape index (κ1) is 10.9. The van der Waals surface area contributed by atoms with E-state index >= 15 is 0 Å². The van der Waals surface area contributed by atoms with Crippen LogP contribution in [-0.2, 0) is 5.54 Å². The monoisotopic (exact) mass is 269 g/mol. The molecule has 0 aliphatic carbocycles. The van der Waals surface area contributed by atoms with Crippen molar-refractivity contribution in [1.29, 1.82) is 0 Å². The van der Waals surface area contributed by atoms with E-state index in [2.05, 4.69) is 17.1 Å². The van der Waals surface area contributed by atoms with Gasteiger partial charge in [0, 0.05) is 29.1 Å². The van der Waals surface area contributed by atoms with Crippen molar-refractivity contribution >= 4 is 35.1 Å². The van der Waals surface area contributed by atoms with Gasteiger partial charge < -0.3 is 0 Å². The van der Waals surface area contributed by atoms with Crippen LogP contribution in [0.3, 0.4) is 0 Å². The Kier molecular flexibility index (Phi) is 1.89. The molecule has 3 heterocycles. The van der Waals surface area contributed by atoms with Crippen molar-refractivity contribution in [2.24, 2.45) is 15.0 Å². The number of hydrogen-bond donors (Lipinski definition) is 0. The maximum atomic E-state index is 4.85. The molecule has 21 heavy (non-hydrogen) atoms. The molecule has 0 radical (unpaired) electrons. The van der Waals surface area contributed by atoms with Gasteiger partial charge in [-0.25, -0.2) is 4.99 Å². The minimum atomic E-state index is -0.556. The summed E-state index contributed by atoms with van der Waals surface area (Å²) in [5.41, 5.74) is 5.87. The molecule has 3 aliphatic rings. The number of rotatable bonds is 0. The summed E-state index contributed by atoms with van der Waals surface area (Å²) in [5, 5.41) is 0. The average molecular weight is 269 g/mol. The summed E-state index contributed by atoms with van der Waals surface area (Å²) in [6.07, 6.45) is 5.85. The van der Waals surface area contributed by atoms with Crippen LogP contribution in [0.2, 0.25) is 0 Å². The summed E-state index contributed by atoms with van der Waals surface area (Å²) in [6.45, 7) is 0. The van der Waals surface area contributed by atoms with Crippen molar-refractivity contribution in [2.45, 2.75) is 5.54 Å². The fourth-order valence-corrected chi connectivity index (χ4v) is 3.29. The zero-order chi connectivity index (χ0) is 13.9. The van der Waals surface area contributed by atoms with E-state index in [-0.39, 0.29) is 0 Å². The predicted molar refractivity (Wildman–Crippen MR) is 86.3 cm³/mol. The van der Waals surface area contributed by atoms with Gasteiger partial charge in [-0.2, -0.15) is 0 Å². The Bertz CT molecular complexity index is 902. The minimum absolute atomic E-state index is 0.556. The maximum Gasteiger partial charge on any atom is 0.165 e. The molecule has 0 saturated heterocycles. The predicted octanol–water partition coefficient (Wildman–Crippen LogP) is 3.85. The van der Waals surface area contributed by atoms with E-state index in [4.69, 9.17) is 9.98 Å². The number of dihydropyridines is 1. The molecule has 0 saturated carbocycles. The van der Waals surface area contributed by atoms with Gasteiger partial charge in [-0.05, 0) is 18.2 Å². The van der Waals surface area contributed by atoms with Gasteiger partial charge in [0.25, 0.3) is 0 Å². The van der Waals surface area contributed by atoms with E-state index in [1.54, 1.807) is 0 Å². The van der Waals surface area contributed by atoms with Gasteiger partial charge >= 0.3 is 0 Å². The molecular formula is C18H11N3. The summed E-state index contributed by atoms with van der Waals surface area (Å²) in [6, 6.07) is 16.4. The number of benzene rings is 2. The molecular weight excluding hydrogens is 258 g/mol. The Morgan fingerprint density at radius 3 is 2.62 bits per heavy atom. The van der Waals surface area contributed by atoms with E-state index < -0.39 is 5.54 Å². The summed E-state index contributed by atoms with van der Waals surface area (Å²) in [5.74, 6) is 0. The molecule has 2 aromatic carbocycles. The van der Waals surface area contributed by atoms with Gasteiger partial charge in [0.05, 0.1) is 17.1 Å². The third-order valence-corrected chi connectivity index (χ3v) is 4.27. The third-order valence-electron chi connectivity index (χ3n) is 4.27. The highest BCUT2D eigenvalue weighted by Crippen LogP contribution is 2.47. The van der Waals surface area contributed by atoms with Crippen LogP contribution < -0.4 is 0 Å². The van der Waals surface area contributed by atoms with Gasteiger partial charge in [0.2, 0.25) is 0 Å². The lowest BCUT2D eigenvalue weighted by molar-refractivity contribution is 0.862. The summed E-state index contributed by atoms with van der Waals surface area (Å²) in [4.78, 5) is 14.1.